The smallest absolute Gasteiger partial charge is 0.203 e. The topological polar surface area (TPSA) is 61.1 Å². The van der Waals surface area contributed by atoms with E-state index in [1.165, 1.54) is 18.2 Å². The zero-order valence-corrected chi connectivity index (χ0v) is 11.0. The van der Waals surface area contributed by atoms with E-state index < -0.39 is 0 Å². The van der Waals surface area contributed by atoms with E-state index >= 15 is 0 Å². The third kappa shape index (κ3) is 2.93. The molecule has 2 aromatic carbocycles. The highest BCUT2D eigenvalue weighted by molar-refractivity contribution is 6.14. The quantitative estimate of drug-likeness (QED) is 0.524. The Kier molecular flexibility index (Phi) is 3.97. The van der Waals surface area contributed by atoms with Crippen LogP contribution in [0.1, 0.15) is 21.5 Å². The molecule has 0 aromatic heterocycles. The summed E-state index contributed by atoms with van der Waals surface area (Å²) in [5.41, 5.74) is 2.13. The van der Waals surface area contributed by atoms with Crippen LogP contribution in [0.15, 0.2) is 54.1 Å². The van der Waals surface area contributed by atoms with E-state index in [4.69, 9.17) is 0 Å². The van der Waals surface area contributed by atoms with Crippen LogP contribution in [0, 0.1) is 18.3 Å². The zero-order chi connectivity index (χ0) is 14.5. The van der Waals surface area contributed by atoms with Gasteiger partial charge in [-0.25, -0.2) is 0 Å². The fraction of sp³-hybridized carbons (Fsp3) is 0.0588. The highest BCUT2D eigenvalue weighted by atomic mass is 16.3. The van der Waals surface area contributed by atoms with Crippen molar-refractivity contribution < 1.29 is 9.90 Å². The van der Waals surface area contributed by atoms with Gasteiger partial charge in [0.25, 0.3) is 0 Å². The van der Waals surface area contributed by atoms with Gasteiger partial charge in [0.15, 0.2) is 0 Å². The van der Waals surface area contributed by atoms with Crippen LogP contribution in [-0.2, 0) is 0 Å². The predicted octanol–water partition coefficient (Wildman–Crippen LogP) is 3.49. The van der Waals surface area contributed by atoms with Crippen molar-refractivity contribution in [3.63, 3.8) is 0 Å². The number of carbonyl (C=O) groups excluding carboxylic acids is 1. The first-order valence-corrected chi connectivity index (χ1v) is 6.13. The predicted molar refractivity (Wildman–Crippen MR) is 77.2 cm³/mol. The number of nitriles is 1. The molecule has 0 bridgehead atoms. The Hall–Kier alpha value is -2.86. The molecule has 2 aromatic rings. The molecule has 0 aliphatic carbocycles. The van der Waals surface area contributed by atoms with Gasteiger partial charge in [-0.05, 0) is 36.3 Å². The minimum Gasteiger partial charge on any atom is -0.508 e. The monoisotopic (exact) mass is 263 g/mol. The Morgan fingerprint density at radius 2 is 1.80 bits per heavy atom. The lowest BCUT2D eigenvalue weighted by Gasteiger charge is -2.03. The number of hydrogen-bond acceptors (Lipinski definition) is 3. The summed E-state index contributed by atoms with van der Waals surface area (Å²) >= 11 is 0. The fourth-order valence-corrected chi connectivity index (χ4v) is 1.86. The molecule has 0 radical (unpaired) electrons. The summed E-state index contributed by atoms with van der Waals surface area (Å²) in [7, 11) is 0. The van der Waals surface area contributed by atoms with Crippen LogP contribution in [0.2, 0.25) is 0 Å². The Labute approximate surface area is 117 Å². The summed E-state index contributed by atoms with van der Waals surface area (Å²) in [5, 5.41) is 18.4. The minimum absolute atomic E-state index is 0.0741. The number of allylic oxidation sites excluding steroid dienone is 1. The highest BCUT2D eigenvalue weighted by Crippen LogP contribution is 2.17. The lowest BCUT2D eigenvalue weighted by Crippen LogP contribution is -2.04. The summed E-state index contributed by atoms with van der Waals surface area (Å²) in [6.07, 6.45) is 1.52. The van der Waals surface area contributed by atoms with Gasteiger partial charge in [0, 0.05) is 5.56 Å². The van der Waals surface area contributed by atoms with Gasteiger partial charge >= 0.3 is 0 Å². The van der Waals surface area contributed by atoms with Crippen LogP contribution < -0.4 is 0 Å². The molecule has 0 unspecified atom stereocenters. The number of Topliss-reactive ketones (excluding diaryl/α,β-unsaturated/α-hetero) is 1. The van der Waals surface area contributed by atoms with Gasteiger partial charge in [0.05, 0.1) is 0 Å². The van der Waals surface area contributed by atoms with Crippen LogP contribution in [0.25, 0.3) is 6.08 Å². The Bertz CT molecular complexity index is 707. The number of carbonyl (C=O) groups is 1. The van der Waals surface area contributed by atoms with Crippen LogP contribution in [0.5, 0.6) is 5.75 Å². The van der Waals surface area contributed by atoms with E-state index in [1.54, 1.807) is 24.3 Å². The summed E-state index contributed by atoms with van der Waals surface area (Å²) < 4.78 is 0. The van der Waals surface area contributed by atoms with Crippen LogP contribution in [0.4, 0.5) is 0 Å². The first kappa shape index (κ1) is 13.6. The maximum atomic E-state index is 12.3. The van der Waals surface area contributed by atoms with Gasteiger partial charge in [-0.15, -0.1) is 0 Å². The number of hydrogen-bond donors (Lipinski definition) is 1. The third-order valence-electron chi connectivity index (χ3n) is 2.96. The molecule has 0 saturated carbocycles. The van der Waals surface area contributed by atoms with Gasteiger partial charge in [-0.1, -0.05) is 36.4 Å². The second-order valence-corrected chi connectivity index (χ2v) is 4.41. The maximum Gasteiger partial charge on any atom is 0.203 e. The molecular weight excluding hydrogens is 250 g/mol. The standard InChI is InChI=1S/C17H13NO2/c1-12-4-2-3-5-16(12)17(20)14(11-18)10-13-6-8-15(19)9-7-13/h2-10,19H,1H3/b14-10+. The van der Waals surface area contributed by atoms with Crippen molar-refractivity contribution >= 4 is 11.9 Å². The molecule has 20 heavy (non-hydrogen) atoms. The van der Waals surface area contributed by atoms with Crippen molar-refractivity contribution in [2.45, 2.75) is 6.92 Å². The van der Waals surface area contributed by atoms with E-state index in [2.05, 4.69) is 0 Å². The van der Waals surface area contributed by atoms with E-state index in [9.17, 15) is 15.2 Å². The minimum atomic E-state index is -0.293. The molecule has 3 heteroatoms. The van der Waals surface area contributed by atoms with E-state index in [0.29, 0.717) is 11.1 Å². The van der Waals surface area contributed by atoms with Gasteiger partial charge < -0.3 is 5.11 Å². The molecular formula is C17H13NO2. The number of rotatable bonds is 3. The number of aromatic hydroxyl groups is 1. The summed E-state index contributed by atoms with van der Waals surface area (Å²) in [5.74, 6) is -0.149. The number of aryl methyl sites for hydroxylation is 1. The summed E-state index contributed by atoms with van der Waals surface area (Å²) in [6, 6.07) is 15.4. The Balaban J connectivity index is 2.38. The second kappa shape index (κ2) is 5.85. The van der Waals surface area contributed by atoms with Gasteiger partial charge in [-0.2, -0.15) is 5.26 Å². The number of phenols is 1. The average Bonchev–Trinajstić information content (AvgIpc) is 2.46. The fourth-order valence-electron chi connectivity index (χ4n) is 1.86. The summed E-state index contributed by atoms with van der Waals surface area (Å²) in [4.78, 5) is 12.3. The van der Waals surface area contributed by atoms with Crippen LogP contribution in [-0.4, -0.2) is 10.9 Å². The number of benzene rings is 2. The second-order valence-electron chi connectivity index (χ2n) is 4.41. The molecule has 0 aliphatic heterocycles. The highest BCUT2D eigenvalue weighted by Gasteiger charge is 2.13. The maximum absolute atomic E-state index is 12.3. The van der Waals surface area contributed by atoms with Crippen molar-refractivity contribution in [2.75, 3.05) is 0 Å². The van der Waals surface area contributed by atoms with Crippen molar-refractivity contribution in [1.82, 2.24) is 0 Å². The zero-order valence-electron chi connectivity index (χ0n) is 11.0. The normalized spacial score (nSPS) is 10.9. The van der Waals surface area contributed by atoms with Crippen molar-refractivity contribution in [3.05, 3.63) is 70.8 Å². The van der Waals surface area contributed by atoms with Crippen molar-refractivity contribution in [2.24, 2.45) is 0 Å². The van der Waals surface area contributed by atoms with Crippen molar-refractivity contribution in [1.29, 1.82) is 5.26 Å². The van der Waals surface area contributed by atoms with Crippen LogP contribution in [0.3, 0.4) is 0 Å². The van der Waals surface area contributed by atoms with E-state index in [1.807, 2.05) is 25.1 Å². The SMILES string of the molecule is Cc1ccccc1C(=O)/C(C#N)=C/c1ccc(O)cc1. The molecule has 0 aliphatic rings. The lowest BCUT2D eigenvalue weighted by molar-refractivity contribution is 0.103. The molecule has 1 N–H and O–H groups in total. The van der Waals surface area contributed by atoms with Crippen molar-refractivity contribution in [3.8, 4) is 11.8 Å². The van der Waals surface area contributed by atoms with Gasteiger partial charge in [0.1, 0.15) is 17.4 Å². The molecule has 0 heterocycles. The third-order valence-corrected chi connectivity index (χ3v) is 2.96. The number of nitrogens with zero attached hydrogens (tertiary/aromatic N) is 1. The average molecular weight is 263 g/mol. The Morgan fingerprint density at radius 1 is 1.15 bits per heavy atom. The van der Waals surface area contributed by atoms with E-state index in [0.717, 1.165) is 5.56 Å². The molecule has 0 amide bonds. The largest absolute Gasteiger partial charge is 0.508 e. The first-order valence-electron chi connectivity index (χ1n) is 6.13. The molecule has 0 fully saturated rings. The number of ketones is 1. The van der Waals surface area contributed by atoms with Gasteiger partial charge in [0.2, 0.25) is 5.78 Å². The molecule has 98 valence electrons. The molecule has 0 spiro atoms. The molecule has 0 atom stereocenters. The van der Waals surface area contributed by atoms with E-state index in [-0.39, 0.29) is 17.1 Å². The van der Waals surface area contributed by atoms with Gasteiger partial charge in [-0.3, -0.25) is 4.79 Å². The first-order chi connectivity index (χ1) is 9.61. The molecule has 0 saturated heterocycles. The molecule has 3 nitrogen and oxygen atoms in total. The molecule has 2 rings (SSSR count). The van der Waals surface area contributed by atoms with Crippen LogP contribution >= 0.6 is 0 Å². The number of phenolic OH excluding ortho intramolecular Hbond substituents is 1. The lowest BCUT2D eigenvalue weighted by atomic mass is 9.98. The summed E-state index contributed by atoms with van der Waals surface area (Å²) in [6.45, 7) is 1.84. The Morgan fingerprint density at radius 3 is 2.40 bits per heavy atom.